The summed E-state index contributed by atoms with van der Waals surface area (Å²) in [7, 11) is 1.58. The van der Waals surface area contributed by atoms with E-state index in [9.17, 15) is 19.8 Å². The van der Waals surface area contributed by atoms with E-state index in [2.05, 4.69) is 5.32 Å². The molecule has 2 aromatic rings. The van der Waals surface area contributed by atoms with Crippen molar-refractivity contribution >= 4 is 22.6 Å². The second-order valence-corrected chi connectivity index (χ2v) is 5.11. The van der Waals surface area contributed by atoms with Gasteiger partial charge in [0.25, 0.3) is 5.91 Å². The molecule has 0 radical (unpaired) electrons. The lowest BCUT2D eigenvalue weighted by Gasteiger charge is -2.12. The van der Waals surface area contributed by atoms with E-state index in [0.717, 1.165) is 0 Å². The summed E-state index contributed by atoms with van der Waals surface area (Å²) in [5.41, 5.74) is -0.274. The van der Waals surface area contributed by atoms with Gasteiger partial charge in [0, 0.05) is 31.0 Å². The zero-order valence-electron chi connectivity index (χ0n) is 13.2. The number of methoxy groups -OCH3 is 1. The molecule has 0 fully saturated rings. The van der Waals surface area contributed by atoms with Crippen molar-refractivity contribution in [3.63, 3.8) is 0 Å². The first-order valence-electron chi connectivity index (χ1n) is 7.41. The Morgan fingerprint density at radius 1 is 1.21 bits per heavy atom. The maximum Gasteiger partial charge on any atom is 0.339 e. The fourth-order valence-electron chi connectivity index (χ4n) is 2.25. The summed E-state index contributed by atoms with van der Waals surface area (Å²) >= 11 is 0. The highest BCUT2D eigenvalue weighted by Gasteiger charge is 2.17. The second kappa shape index (κ2) is 8.16. The molecular formula is C17H19NO6. The van der Waals surface area contributed by atoms with Gasteiger partial charge in [0.15, 0.2) is 6.61 Å². The number of carbonyl (C=O) groups excluding carboxylic acids is 1. The van der Waals surface area contributed by atoms with Crippen LogP contribution >= 0.6 is 0 Å². The first kappa shape index (κ1) is 17.6. The molecule has 0 aromatic heterocycles. The molecule has 0 saturated heterocycles. The van der Waals surface area contributed by atoms with Crippen LogP contribution in [-0.2, 0) is 9.53 Å². The van der Waals surface area contributed by atoms with Crippen LogP contribution in [0.25, 0.3) is 10.8 Å². The van der Waals surface area contributed by atoms with Gasteiger partial charge in [0.05, 0.1) is 0 Å². The Kier molecular flexibility index (Phi) is 5.97. The summed E-state index contributed by atoms with van der Waals surface area (Å²) in [6, 6.07) is 7.92. The molecule has 0 atom stereocenters. The lowest BCUT2D eigenvalue weighted by molar-refractivity contribution is -0.123. The van der Waals surface area contributed by atoms with Gasteiger partial charge in [-0.1, -0.05) is 24.3 Å². The minimum atomic E-state index is -1.27. The van der Waals surface area contributed by atoms with Gasteiger partial charge >= 0.3 is 5.97 Å². The SMILES string of the molecule is COCCCNC(=O)COc1cc(C(=O)O)c(O)c2ccccc12. The summed E-state index contributed by atoms with van der Waals surface area (Å²) in [6.45, 7) is 0.763. The molecule has 7 nitrogen and oxygen atoms in total. The van der Waals surface area contributed by atoms with Crippen LogP contribution < -0.4 is 10.1 Å². The van der Waals surface area contributed by atoms with Gasteiger partial charge in [-0.05, 0) is 12.5 Å². The van der Waals surface area contributed by atoms with E-state index in [4.69, 9.17) is 9.47 Å². The summed E-state index contributed by atoms with van der Waals surface area (Å²) in [4.78, 5) is 23.0. The average Bonchev–Trinajstić information content (AvgIpc) is 2.58. The first-order chi connectivity index (χ1) is 11.5. The van der Waals surface area contributed by atoms with Crippen molar-refractivity contribution in [2.45, 2.75) is 6.42 Å². The van der Waals surface area contributed by atoms with Crippen molar-refractivity contribution in [1.29, 1.82) is 0 Å². The molecule has 2 rings (SSSR count). The van der Waals surface area contributed by atoms with Crippen molar-refractivity contribution in [2.75, 3.05) is 26.9 Å². The van der Waals surface area contributed by atoms with Crippen LogP contribution in [0.3, 0.4) is 0 Å². The molecule has 0 bridgehead atoms. The minimum Gasteiger partial charge on any atom is -0.506 e. The highest BCUT2D eigenvalue weighted by Crippen LogP contribution is 2.35. The number of hydrogen-bond acceptors (Lipinski definition) is 5. The zero-order chi connectivity index (χ0) is 17.5. The highest BCUT2D eigenvalue weighted by atomic mass is 16.5. The summed E-state index contributed by atoms with van der Waals surface area (Å²) in [6.07, 6.45) is 0.688. The van der Waals surface area contributed by atoms with Crippen molar-refractivity contribution in [2.24, 2.45) is 0 Å². The molecule has 0 saturated carbocycles. The number of ether oxygens (including phenoxy) is 2. The Labute approximate surface area is 138 Å². The normalized spacial score (nSPS) is 10.5. The molecule has 3 N–H and O–H groups in total. The molecule has 1 amide bonds. The number of nitrogens with one attached hydrogen (secondary N) is 1. The van der Waals surface area contributed by atoms with E-state index in [0.29, 0.717) is 30.3 Å². The monoisotopic (exact) mass is 333 g/mol. The Balaban J connectivity index is 2.15. The van der Waals surface area contributed by atoms with Gasteiger partial charge < -0.3 is 25.0 Å². The molecule has 7 heteroatoms. The number of phenols is 1. The highest BCUT2D eigenvalue weighted by molar-refractivity contribution is 6.03. The quantitative estimate of drug-likeness (QED) is 0.636. The zero-order valence-corrected chi connectivity index (χ0v) is 13.2. The standard InChI is InChI=1S/C17H19NO6/c1-23-8-4-7-18-15(19)10-24-14-9-13(17(21)22)16(20)12-6-3-2-5-11(12)14/h2-3,5-6,9,20H,4,7-8,10H2,1H3,(H,18,19)(H,21,22). The van der Waals surface area contributed by atoms with Crippen molar-refractivity contribution in [3.05, 3.63) is 35.9 Å². The number of fused-ring (bicyclic) bond motifs is 1. The number of aromatic hydroxyl groups is 1. The predicted molar refractivity (Wildman–Crippen MR) is 87.6 cm³/mol. The lowest BCUT2D eigenvalue weighted by atomic mass is 10.0. The largest absolute Gasteiger partial charge is 0.506 e. The molecule has 0 unspecified atom stereocenters. The summed E-state index contributed by atoms with van der Waals surface area (Å²) in [5, 5.41) is 22.8. The Morgan fingerprint density at radius 3 is 2.58 bits per heavy atom. The molecule has 0 aliphatic carbocycles. The topological polar surface area (TPSA) is 105 Å². The Hall–Kier alpha value is -2.80. The Bertz CT molecular complexity index is 743. The number of benzene rings is 2. The fraction of sp³-hybridized carbons (Fsp3) is 0.294. The number of aromatic carboxylic acids is 1. The molecule has 0 heterocycles. The predicted octanol–water partition coefficient (Wildman–Crippen LogP) is 1.78. The van der Waals surface area contributed by atoms with Crippen molar-refractivity contribution in [3.8, 4) is 11.5 Å². The van der Waals surface area contributed by atoms with Gasteiger partial charge in [0.1, 0.15) is 17.1 Å². The third kappa shape index (κ3) is 4.14. The van der Waals surface area contributed by atoms with E-state index in [1.165, 1.54) is 6.07 Å². The van der Waals surface area contributed by atoms with Gasteiger partial charge in [0.2, 0.25) is 0 Å². The number of carboxylic acid groups (broad SMARTS) is 1. The van der Waals surface area contributed by atoms with E-state index in [-0.39, 0.29) is 29.6 Å². The van der Waals surface area contributed by atoms with Gasteiger partial charge in [-0.2, -0.15) is 0 Å². The van der Waals surface area contributed by atoms with Crippen LogP contribution in [-0.4, -0.2) is 49.0 Å². The number of carbonyl (C=O) groups is 2. The Morgan fingerprint density at radius 2 is 1.92 bits per heavy atom. The molecule has 0 aliphatic rings. The molecular weight excluding hydrogens is 314 g/mol. The van der Waals surface area contributed by atoms with E-state index in [1.807, 2.05) is 0 Å². The van der Waals surface area contributed by atoms with Crippen LogP contribution in [0.5, 0.6) is 11.5 Å². The summed E-state index contributed by atoms with van der Waals surface area (Å²) < 4.78 is 10.4. The van der Waals surface area contributed by atoms with Crippen molar-refractivity contribution in [1.82, 2.24) is 5.32 Å². The molecule has 0 aliphatic heterocycles. The van der Waals surface area contributed by atoms with Crippen LogP contribution in [0.2, 0.25) is 0 Å². The van der Waals surface area contributed by atoms with E-state index < -0.39 is 5.97 Å². The second-order valence-electron chi connectivity index (χ2n) is 5.11. The number of carboxylic acids is 1. The third-order valence-electron chi connectivity index (χ3n) is 3.41. The number of rotatable bonds is 8. The maximum absolute atomic E-state index is 11.8. The van der Waals surface area contributed by atoms with Crippen LogP contribution in [0.15, 0.2) is 30.3 Å². The van der Waals surface area contributed by atoms with Gasteiger partial charge in [-0.25, -0.2) is 4.79 Å². The molecule has 24 heavy (non-hydrogen) atoms. The lowest BCUT2D eigenvalue weighted by Crippen LogP contribution is -2.30. The third-order valence-corrected chi connectivity index (χ3v) is 3.41. The van der Waals surface area contributed by atoms with E-state index in [1.54, 1.807) is 31.4 Å². The van der Waals surface area contributed by atoms with E-state index >= 15 is 0 Å². The smallest absolute Gasteiger partial charge is 0.339 e. The van der Waals surface area contributed by atoms with Gasteiger partial charge in [-0.3, -0.25) is 4.79 Å². The first-order valence-corrected chi connectivity index (χ1v) is 7.41. The molecule has 2 aromatic carbocycles. The number of hydrogen-bond donors (Lipinski definition) is 3. The molecule has 0 spiro atoms. The minimum absolute atomic E-state index is 0.229. The summed E-state index contributed by atoms with van der Waals surface area (Å²) in [5.74, 6) is -1.69. The van der Waals surface area contributed by atoms with Gasteiger partial charge in [-0.15, -0.1) is 0 Å². The van der Waals surface area contributed by atoms with Crippen LogP contribution in [0.4, 0.5) is 0 Å². The average molecular weight is 333 g/mol. The fourth-order valence-corrected chi connectivity index (χ4v) is 2.25. The number of amides is 1. The van der Waals surface area contributed by atoms with Crippen LogP contribution in [0.1, 0.15) is 16.8 Å². The molecule has 128 valence electrons. The van der Waals surface area contributed by atoms with Crippen molar-refractivity contribution < 1.29 is 29.3 Å². The maximum atomic E-state index is 11.8. The van der Waals surface area contributed by atoms with Crippen LogP contribution in [0, 0.1) is 0 Å².